The van der Waals surface area contributed by atoms with E-state index >= 15 is 0 Å². The second-order valence-electron chi connectivity index (χ2n) is 5.53. The molecule has 0 saturated carbocycles. The maximum absolute atomic E-state index is 13.1. The van der Waals surface area contributed by atoms with Crippen LogP contribution < -0.4 is 10.6 Å². The molecular weight excluding hydrogens is 245 g/mol. The largest absolute Gasteiger partial charge is 0.352 e. The number of rotatable bonds is 3. The smallest absolute Gasteiger partial charge is 0.243 e. The normalized spacial score (nSPS) is 23.7. The van der Waals surface area contributed by atoms with Crippen LogP contribution in [0.15, 0.2) is 18.3 Å². The first-order valence-electron chi connectivity index (χ1n) is 6.61. The lowest BCUT2D eigenvalue weighted by Gasteiger charge is -2.34. The number of halogens is 1. The summed E-state index contributed by atoms with van der Waals surface area (Å²) in [5, 5.41) is 10.9. The molecule has 2 N–H and O–H groups in total. The zero-order chi connectivity index (χ0) is 13.3. The lowest BCUT2D eigenvalue weighted by molar-refractivity contribution is 0.253. The number of hydrogen-bond donors (Lipinski definition) is 2. The molecule has 19 heavy (non-hydrogen) atoms. The summed E-state index contributed by atoms with van der Waals surface area (Å²) in [6.45, 7) is 5.17. The summed E-state index contributed by atoms with van der Waals surface area (Å²) in [4.78, 5) is 4.32. The Labute approximate surface area is 111 Å². The molecule has 6 heteroatoms. The van der Waals surface area contributed by atoms with Gasteiger partial charge in [0.1, 0.15) is 5.82 Å². The van der Waals surface area contributed by atoms with E-state index in [-0.39, 0.29) is 11.2 Å². The van der Waals surface area contributed by atoms with E-state index in [1.165, 1.54) is 29.6 Å². The summed E-state index contributed by atoms with van der Waals surface area (Å²) in [5.41, 5.74) is 0.872. The van der Waals surface area contributed by atoms with Gasteiger partial charge >= 0.3 is 0 Å². The predicted octanol–water partition coefficient (Wildman–Crippen LogP) is 1.67. The zero-order valence-electron chi connectivity index (χ0n) is 11.0. The Hall–Kier alpha value is -1.69. The Morgan fingerprint density at radius 3 is 3.21 bits per heavy atom. The van der Waals surface area contributed by atoms with Crippen molar-refractivity contribution in [1.82, 2.24) is 19.9 Å². The Bertz CT molecular complexity index is 573. The minimum absolute atomic E-state index is 0.223. The Morgan fingerprint density at radius 2 is 2.42 bits per heavy atom. The molecular formula is C13H18FN5. The molecule has 1 unspecified atom stereocenters. The molecule has 1 aliphatic rings. The van der Waals surface area contributed by atoms with Crippen LogP contribution in [0.2, 0.25) is 0 Å². The van der Waals surface area contributed by atoms with Crippen LogP contribution in [0.1, 0.15) is 19.8 Å². The number of aromatic nitrogens is 3. The van der Waals surface area contributed by atoms with Crippen LogP contribution in [-0.4, -0.2) is 34.2 Å². The second kappa shape index (κ2) is 4.77. The molecule has 0 aliphatic carbocycles. The van der Waals surface area contributed by atoms with E-state index in [4.69, 9.17) is 0 Å². The minimum atomic E-state index is -0.313. The number of pyridine rings is 1. The molecule has 3 rings (SSSR count). The highest BCUT2D eigenvalue weighted by molar-refractivity contribution is 5.43. The van der Waals surface area contributed by atoms with Crippen molar-refractivity contribution >= 4 is 11.6 Å². The van der Waals surface area contributed by atoms with Gasteiger partial charge in [-0.2, -0.15) is 4.98 Å². The highest BCUT2D eigenvalue weighted by Crippen LogP contribution is 2.25. The predicted molar refractivity (Wildman–Crippen MR) is 71.6 cm³/mol. The van der Waals surface area contributed by atoms with Gasteiger partial charge in [-0.05, 0) is 36.9 Å². The monoisotopic (exact) mass is 263 g/mol. The molecule has 0 bridgehead atoms. The van der Waals surface area contributed by atoms with Crippen LogP contribution in [0.3, 0.4) is 0 Å². The molecule has 5 nitrogen and oxygen atoms in total. The van der Waals surface area contributed by atoms with Crippen LogP contribution in [0.5, 0.6) is 0 Å². The molecule has 1 aliphatic heterocycles. The van der Waals surface area contributed by atoms with E-state index in [9.17, 15) is 4.39 Å². The third-order valence-corrected chi connectivity index (χ3v) is 3.65. The lowest BCUT2D eigenvalue weighted by Crippen LogP contribution is -2.42. The number of fused-ring (bicyclic) bond motifs is 1. The molecule has 0 spiro atoms. The molecule has 2 aromatic heterocycles. The van der Waals surface area contributed by atoms with Crippen molar-refractivity contribution in [3.63, 3.8) is 0 Å². The van der Waals surface area contributed by atoms with E-state index in [0.29, 0.717) is 11.6 Å². The van der Waals surface area contributed by atoms with E-state index in [1.807, 2.05) is 0 Å². The molecule has 0 radical (unpaired) electrons. The number of piperidine rings is 1. The maximum Gasteiger partial charge on any atom is 0.243 e. The average molecular weight is 263 g/mol. The summed E-state index contributed by atoms with van der Waals surface area (Å²) in [6, 6.07) is 3.01. The second-order valence-corrected chi connectivity index (χ2v) is 5.53. The van der Waals surface area contributed by atoms with Crippen molar-refractivity contribution in [2.24, 2.45) is 5.41 Å². The lowest BCUT2D eigenvalue weighted by atomic mass is 9.83. The van der Waals surface area contributed by atoms with E-state index in [2.05, 4.69) is 27.6 Å². The fourth-order valence-corrected chi connectivity index (χ4v) is 2.49. The van der Waals surface area contributed by atoms with Crippen molar-refractivity contribution in [3.8, 4) is 0 Å². The molecule has 1 saturated heterocycles. The fourth-order valence-electron chi connectivity index (χ4n) is 2.49. The van der Waals surface area contributed by atoms with Crippen LogP contribution in [0, 0.1) is 11.2 Å². The van der Waals surface area contributed by atoms with Crippen molar-refractivity contribution < 1.29 is 4.39 Å². The molecule has 102 valence electrons. The summed E-state index contributed by atoms with van der Waals surface area (Å²) in [6.07, 6.45) is 3.72. The molecule has 1 atom stereocenters. The molecule has 3 heterocycles. The molecule has 1 fully saturated rings. The highest BCUT2D eigenvalue weighted by atomic mass is 19.1. The first kappa shape index (κ1) is 12.3. The first-order chi connectivity index (χ1) is 9.15. The van der Waals surface area contributed by atoms with E-state index < -0.39 is 0 Å². The number of anilines is 1. The summed E-state index contributed by atoms with van der Waals surface area (Å²) < 4.78 is 14.5. The summed E-state index contributed by atoms with van der Waals surface area (Å²) in [7, 11) is 0. The number of hydrogen-bond acceptors (Lipinski definition) is 4. The third-order valence-electron chi connectivity index (χ3n) is 3.65. The van der Waals surface area contributed by atoms with Gasteiger partial charge in [0.25, 0.3) is 0 Å². The van der Waals surface area contributed by atoms with Gasteiger partial charge in [-0.3, -0.25) is 0 Å². The maximum atomic E-state index is 13.1. The third kappa shape index (κ3) is 2.68. The van der Waals surface area contributed by atoms with Gasteiger partial charge in [0.05, 0.1) is 6.20 Å². The Balaban J connectivity index is 1.71. The average Bonchev–Trinajstić information content (AvgIpc) is 2.79. The number of nitrogens with zero attached hydrogens (tertiary/aromatic N) is 3. The quantitative estimate of drug-likeness (QED) is 0.884. The Kier molecular flexibility index (Phi) is 3.10. The van der Waals surface area contributed by atoms with E-state index in [0.717, 1.165) is 19.6 Å². The molecule has 0 aromatic carbocycles. The van der Waals surface area contributed by atoms with Gasteiger partial charge in [0, 0.05) is 13.1 Å². The van der Waals surface area contributed by atoms with Crippen LogP contribution >= 0.6 is 0 Å². The van der Waals surface area contributed by atoms with Gasteiger partial charge in [-0.15, -0.1) is 5.10 Å². The summed E-state index contributed by atoms with van der Waals surface area (Å²) in [5.74, 6) is 0.241. The first-order valence-corrected chi connectivity index (χ1v) is 6.61. The van der Waals surface area contributed by atoms with Crippen LogP contribution in [0.4, 0.5) is 10.3 Å². The van der Waals surface area contributed by atoms with Gasteiger partial charge in [-0.25, -0.2) is 8.91 Å². The molecule has 0 amide bonds. The van der Waals surface area contributed by atoms with E-state index in [1.54, 1.807) is 6.07 Å². The van der Waals surface area contributed by atoms with Crippen molar-refractivity contribution in [3.05, 3.63) is 24.1 Å². The molecule has 2 aromatic rings. The van der Waals surface area contributed by atoms with Gasteiger partial charge in [-0.1, -0.05) is 6.92 Å². The SMILES string of the molecule is CC1(CNc2nc3ccc(F)cn3n2)CCCNC1. The van der Waals surface area contributed by atoms with Crippen LogP contribution in [-0.2, 0) is 0 Å². The summed E-state index contributed by atoms with van der Waals surface area (Å²) >= 11 is 0. The standard InChI is InChI=1S/C13H18FN5/c1-13(5-2-6-15-8-13)9-16-12-17-11-4-3-10(14)7-19(11)18-12/h3-4,7,15H,2,5-6,8-9H2,1H3,(H,16,18). The van der Waals surface area contributed by atoms with Crippen molar-refractivity contribution in [2.75, 3.05) is 25.0 Å². The van der Waals surface area contributed by atoms with Gasteiger partial charge < -0.3 is 10.6 Å². The van der Waals surface area contributed by atoms with Gasteiger partial charge in [0.2, 0.25) is 5.95 Å². The minimum Gasteiger partial charge on any atom is -0.352 e. The zero-order valence-corrected chi connectivity index (χ0v) is 11.0. The van der Waals surface area contributed by atoms with Crippen molar-refractivity contribution in [1.29, 1.82) is 0 Å². The highest BCUT2D eigenvalue weighted by Gasteiger charge is 2.26. The van der Waals surface area contributed by atoms with Gasteiger partial charge in [0.15, 0.2) is 5.65 Å². The number of nitrogens with one attached hydrogen (secondary N) is 2. The van der Waals surface area contributed by atoms with Crippen LogP contribution in [0.25, 0.3) is 5.65 Å². The Morgan fingerprint density at radius 1 is 1.53 bits per heavy atom. The topological polar surface area (TPSA) is 54.2 Å². The van der Waals surface area contributed by atoms with Crippen molar-refractivity contribution in [2.45, 2.75) is 19.8 Å². The fraction of sp³-hybridized carbons (Fsp3) is 0.538.